The summed E-state index contributed by atoms with van der Waals surface area (Å²) >= 11 is 0. The van der Waals surface area contributed by atoms with E-state index in [4.69, 9.17) is 9.47 Å². The summed E-state index contributed by atoms with van der Waals surface area (Å²) in [6.45, 7) is 6.51. The second-order valence-corrected chi connectivity index (χ2v) is 9.17. The maximum Gasteiger partial charge on any atom is 0.338 e. The maximum atomic E-state index is 13.0. The van der Waals surface area contributed by atoms with Crippen LogP contribution in [0, 0.1) is 17.8 Å². The third-order valence-electron chi connectivity index (χ3n) is 6.67. The fourth-order valence-electron chi connectivity index (χ4n) is 4.79. The lowest BCUT2D eigenvalue weighted by Gasteiger charge is -2.36. The molecule has 0 bridgehead atoms. The standard InChI is InChI=1S/C26H29NO5/c1-15(2)20-11-5-16(3)13-23(20)32-26(30)17-6-12-21-22(14-17)25(29)27(24(21)28)18-7-9-19(31-4)10-8-18/h6-10,12,14-16,20,23H,5,11,13H2,1-4H3/t16-,20-,23+/m0/s1. The molecule has 6 nitrogen and oxygen atoms in total. The molecule has 0 N–H and O–H groups in total. The van der Waals surface area contributed by atoms with E-state index < -0.39 is 17.8 Å². The fraction of sp³-hybridized carbons (Fsp3) is 0.423. The number of methoxy groups -OCH3 is 1. The minimum atomic E-state index is -0.448. The average molecular weight is 436 g/mol. The lowest BCUT2D eigenvalue weighted by atomic mass is 9.75. The lowest BCUT2D eigenvalue weighted by molar-refractivity contribution is -0.0174. The van der Waals surface area contributed by atoms with Crippen LogP contribution in [0.2, 0.25) is 0 Å². The monoisotopic (exact) mass is 435 g/mol. The summed E-state index contributed by atoms with van der Waals surface area (Å²) in [5.41, 5.74) is 1.26. The van der Waals surface area contributed by atoms with Gasteiger partial charge in [0, 0.05) is 0 Å². The molecule has 1 aliphatic heterocycles. The molecule has 2 aliphatic rings. The van der Waals surface area contributed by atoms with E-state index in [1.54, 1.807) is 43.5 Å². The predicted octanol–water partition coefficient (Wildman–Crippen LogP) is 5.11. The van der Waals surface area contributed by atoms with E-state index in [-0.39, 0.29) is 17.2 Å². The normalized spacial score (nSPS) is 22.8. The van der Waals surface area contributed by atoms with E-state index in [1.165, 1.54) is 6.07 Å². The summed E-state index contributed by atoms with van der Waals surface area (Å²) < 4.78 is 11.1. The summed E-state index contributed by atoms with van der Waals surface area (Å²) in [5.74, 6) is 0.607. The van der Waals surface area contributed by atoms with Gasteiger partial charge in [-0.3, -0.25) is 9.59 Å². The number of rotatable bonds is 5. The van der Waals surface area contributed by atoms with Crippen LogP contribution in [0.1, 0.15) is 71.1 Å². The van der Waals surface area contributed by atoms with Crippen LogP contribution >= 0.6 is 0 Å². The molecule has 2 aromatic carbocycles. The zero-order chi connectivity index (χ0) is 23.0. The van der Waals surface area contributed by atoms with Gasteiger partial charge >= 0.3 is 5.97 Å². The summed E-state index contributed by atoms with van der Waals surface area (Å²) in [5, 5.41) is 0. The molecule has 0 aromatic heterocycles. The first-order chi connectivity index (χ1) is 15.3. The Bertz CT molecular complexity index is 1040. The van der Waals surface area contributed by atoms with E-state index in [0.717, 1.165) is 24.2 Å². The van der Waals surface area contributed by atoms with Crippen LogP contribution < -0.4 is 9.64 Å². The van der Waals surface area contributed by atoms with E-state index in [0.29, 0.717) is 34.8 Å². The van der Waals surface area contributed by atoms with Crippen LogP contribution in [0.15, 0.2) is 42.5 Å². The maximum absolute atomic E-state index is 13.0. The smallest absolute Gasteiger partial charge is 0.338 e. The summed E-state index contributed by atoms with van der Waals surface area (Å²) in [6, 6.07) is 11.3. The minimum absolute atomic E-state index is 0.132. The fourth-order valence-corrected chi connectivity index (χ4v) is 4.79. The highest BCUT2D eigenvalue weighted by atomic mass is 16.5. The van der Waals surface area contributed by atoms with Crippen LogP contribution in [-0.2, 0) is 4.74 Å². The van der Waals surface area contributed by atoms with Gasteiger partial charge in [0.05, 0.1) is 29.5 Å². The Labute approximate surface area is 188 Å². The molecular weight excluding hydrogens is 406 g/mol. The highest BCUT2D eigenvalue weighted by Crippen LogP contribution is 2.36. The van der Waals surface area contributed by atoms with Crippen LogP contribution in [0.5, 0.6) is 5.75 Å². The van der Waals surface area contributed by atoms with E-state index in [9.17, 15) is 14.4 Å². The van der Waals surface area contributed by atoms with E-state index in [1.807, 2.05) is 0 Å². The van der Waals surface area contributed by atoms with Crippen LogP contribution in [0.25, 0.3) is 0 Å². The van der Waals surface area contributed by atoms with Gasteiger partial charge in [-0.25, -0.2) is 9.69 Å². The molecule has 1 aliphatic carbocycles. The number of amides is 2. The Kier molecular flexibility index (Phi) is 6.04. The van der Waals surface area contributed by atoms with Gasteiger partial charge in [-0.2, -0.15) is 0 Å². The number of nitrogens with zero attached hydrogens (tertiary/aromatic N) is 1. The molecule has 32 heavy (non-hydrogen) atoms. The number of anilines is 1. The number of hydrogen-bond acceptors (Lipinski definition) is 5. The molecule has 0 spiro atoms. The number of esters is 1. The number of imide groups is 1. The first kappa shape index (κ1) is 22.1. The van der Waals surface area contributed by atoms with Crippen molar-refractivity contribution in [2.45, 2.75) is 46.1 Å². The van der Waals surface area contributed by atoms with Gasteiger partial charge in [-0.05, 0) is 73.1 Å². The Morgan fingerprint density at radius 1 is 1.00 bits per heavy atom. The molecule has 168 valence electrons. The molecule has 0 saturated heterocycles. The highest BCUT2D eigenvalue weighted by molar-refractivity contribution is 6.34. The highest BCUT2D eigenvalue weighted by Gasteiger charge is 2.38. The second kappa shape index (κ2) is 8.77. The third kappa shape index (κ3) is 4.01. The van der Waals surface area contributed by atoms with Crippen molar-refractivity contribution in [2.24, 2.45) is 17.8 Å². The van der Waals surface area contributed by atoms with Gasteiger partial charge < -0.3 is 9.47 Å². The SMILES string of the molecule is COc1ccc(N2C(=O)c3ccc(C(=O)O[C@@H]4C[C@@H](C)CC[C@H]4C(C)C)cc3C2=O)cc1. The van der Waals surface area contributed by atoms with Crippen molar-refractivity contribution in [1.29, 1.82) is 0 Å². The molecule has 1 heterocycles. The van der Waals surface area contributed by atoms with Gasteiger partial charge in [-0.15, -0.1) is 0 Å². The van der Waals surface area contributed by atoms with Crippen molar-refractivity contribution < 1.29 is 23.9 Å². The summed E-state index contributed by atoms with van der Waals surface area (Å²) in [4.78, 5) is 40.0. The van der Waals surface area contributed by atoms with Crippen molar-refractivity contribution in [3.8, 4) is 5.75 Å². The zero-order valence-corrected chi connectivity index (χ0v) is 19.0. The van der Waals surface area contributed by atoms with Gasteiger partial charge in [0.2, 0.25) is 0 Å². The van der Waals surface area contributed by atoms with E-state index in [2.05, 4.69) is 20.8 Å². The van der Waals surface area contributed by atoms with Gasteiger partial charge in [0.1, 0.15) is 11.9 Å². The number of carbonyl (C=O) groups is 3. The van der Waals surface area contributed by atoms with Gasteiger partial charge in [0.15, 0.2) is 0 Å². The minimum Gasteiger partial charge on any atom is -0.497 e. The molecule has 2 aromatic rings. The van der Waals surface area contributed by atoms with Crippen molar-refractivity contribution in [3.63, 3.8) is 0 Å². The van der Waals surface area contributed by atoms with Crippen LogP contribution in [0.4, 0.5) is 5.69 Å². The number of ether oxygens (including phenoxy) is 2. The van der Waals surface area contributed by atoms with Crippen molar-refractivity contribution >= 4 is 23.5 Å². The Morgan fingerprint density at radius 3 is 2.34 bits per heavy atom. The Balaban J connectivity index is 1.56. The molecule has 3 atom stereocenters. The quantitative estimate of drug-likeness (QED) is 0.482. The van der Waals surface area contributed by atoms with Crippen LogP contribution in [-0.4, -0.2) is 31.0 Å². The molecule has 4 rings (SSSR count). The third-order valence-corrected chi connectivity index (χ3v) is 6.67. The molecule has 2 amide bonds. The molecule has 0 unspecified atom stereocenters. The Morgan fingerprint density at radius 2 is 1.69 bits per heavy atom. The lowest BCUT2D eigenvalue weighted by Crippen LogP contribution is -2.35. The first-order valence-electron chi connectivity index (χ1n) is 11.2. The van der Waals surface area contributed by atoms with Gasteiger partial charge in [0.25, 0.3) is 11.8 Å². The topological polar surface area (TPSA) is 72.9 Å². The molecule has 1 saturated carbocycles. The molecule has 0 radical (unpaired) electrons. The first-order valence-corrected chi connectivity index (χ1v) is 11.2. The second-order valence-electron chi connectivity index (χ2n) is 9.17. The van der Waals surface area contributed by atoms with Crippen molar-refractivity contribution in [1.82, 2.24) is 0 Å². The molecule has 1 fully saturated rings. The summed E-state index contributed by atoms with van der Waals surface area (Å²) in [6.07, 6.45) is 2.91. The Hall–Kier alpha value is -3.15. The molecular formula is C26H29NO5. The van der Waals surface area contributed by atoms with Gasteiger partial charge in [-0.1, -0.05) is 27.2 Å². The van der Waals surface area contributed by atoms with Crippen molar-refractivity contribution in [3.05, 3.63) is 59.2 Å². The van der Waals surface area contributed by atoms with Crippen molar-refractivity contribution in [2.75, 3.05) is 12.0 Å². The number of carbonyl (C=O) groups excluding carboxylic acids is 3. The largest absolute Gasteiger partial charge is 0.497 e. The molecule has 6 heteroatoms. The zero-order valence-electron chi connectivity index (χ0n) is 19.0. The number of fused-ring (bicyclic) bond motifs is 1. The number of benzene rings is 2. The van der Waals surface area contributed by atoms with E-state index >= 15 is 0 Å². The predicted molar refractivity (Wildman–Crippen MR) is 121 cm³/mol. The van der Waals surface area contributed by atoms with Crippen LogP contribution in [0.3, 0.4) is 0 Å². The summed E-state index contributed by atoms with van der Waals surface area (Å²) in [7, 11) is 1.55. The number of hydrogen-bond donors (Lipinski definition) is 0. The average Bonchev–Trinajstić information content (AvgIpc) is 3.03.